The highest BCUT2D eigenvalue weighted by atomic mass is 127. The van der Waals surface area contributed by atoms with Gasteiger partial charge in [0.05, 0.1) is 0 Å². The van der Waals surface area contributed by atoms with Gasteiger partial charge in [0.1, 0.15) is 0 Å². The first-order valence-corrected chi connectivity index (χ1v) is 7.11. The first-order chi connectivity index (χ1) is 7.74. The van der Waals surface area contributed by atoms with E-state index >= 15 is 0 Å². The monoisotopic (exact) mass is 351 g/mol. The largest absolute Gasteiger partial charge is 0.354 e. The van der Waals surface area contributed by atoms with E-state index in [4.69, 9.17) is 11.6 Å². The summed E-state index contributed by atoms with van der Waals surface area (Å²) in [4.78, 5) is 8.44. The zero-order chi connectivity index (χ0) is 11.4. The van der Waals surface area contributed by atoms with Crippen LogP contribution in [0.5, 0.6) is 0 Å². The predicted molar refractivity (Wildman–Crippen MR) is 74.8 cm³/mol. The average molecular weight is 352 g/mol. The number of anilines is 1. The van der Waals surface area contributed by atoms with Gasteiger partial charge in [-0.15, -0.1) is 11.6 Å². The molecule has 1 aliphatic rings. The summed E-state index contributed by atoms with van der Waals surface area (Å²) in [6.07, 6.45) is 8.36. The van der Waals surface area contributed by atoms with Crippen molar-refractivity contribution in [2.45, 2.75) is 31.1 Å². The summed E-state index contributed by atoms with van der Waals surface area (Å²) < 4.78 is 1.06. The van der Waals surface area contributed by atoms with Gasteiger partial charge in [0, 0.05) is 27.9 Å². The molecule has 1 N–H and O–H groups in total. The van der Waals surface area contributed by atoms with Gasteiger partial charge in [-0.1, -0.05) is 0 Å². The summed E-state index contributed by atoms with van der Waals surface area (Å²) >= 11 is 8.27. The Balaban J connectivity index is 1.77. The first kappa shape index (κ1) is 12.4. The molecule has 1 aliphatic carbocycles. The van der Waals surface area contributed by atoms with Crippen molar-refractivity contribution in [3.8, 4) is 0 Å². The van der Waals surface area contributed by atoms with E-state index < -0.39 is 0 Å². The van der Waals surface area contributed by atoms with Gasteiger partial charge >= 0.3 is 0 Å². The van der Waals surface area contributed by atoms with Crippen LogP contribution in [0.3, 0.4) is 0 Å². The van der Waals surface area contributed by atoms with Gasteiger partial charge < -0.3 is 5.32 Å². The molecule has 88 valence electrons. The van der Waals surface area contributed by atoms with Crippen molar-refractivity contribution in [2.75, 3.05) is 11.9 Å². The van der Waals surface area contributed by atoms with Crippen molar-refractivity contribution in [1.29, 1.82) is 0 Å². The Hall–Kier alpha value is -0.100. The third kappa shape index (κ3) is 3.73. The minimum Gasteiger partial charge on any atom is -0.354 e. The second-order valence-electron chi connectivity index (χ2n) is 4.22. The maximum Gasteiger partial charge on any atom is 0.222 e. The third-order valence-corrected chi connectivity index (χ3v) is 3.94. The van der Waals surface area contributed by atoms with Crippen molar-refractivity contribution >= 4 is 40.1 Å². The Morgan fingerprint density at radius 2 is 1.88 bits per heavy atom. The van der Waals surface area contributed by atoms with E-state index in [2.05, 4.69) is 37.9 Å². The van der Waals surface area contributed by atoms with Crippen molar-refractivity contribution in [3.05, 3.63) is 16.0 Å². The van der Waals surface area contributed by atoms with E-state index in [-0.39, 0.29) is 0 Å². The van der Waals surface area contributed by atoms with Crippen LogP contribution in [0.2, 0.25) is 0 Å². The molecule has 5 heteroatoms. The average Bonchev–Trinajstić information content (AvgIpc) is 2.30. The van der Waals surface area contributed by atoms with Gasteiger partial charge in [0.25, 0.3) is 0 Å². The van der Waals surface area contributed by atoms with Crippen LogP contribution in [-0.4, -0.2) is 21.9 Å². The van der Waals surface area contributed by atoms with E-state index in [9.17, 15) is 0 Å². The summed E-state index contributed by atoms with van der Waals surface area (Å²) in [5.41, 5.74) is 0. The van der Waals surface area contributed by atoms with Crippen LogP contribution in [0.15, 0.2) is 12.4 Å². The van der Waals surface area contributed by atoms with Gasteiger partial charge in [-0.25, -0.2) is 9.97 Å². The normalized spacial score (nSPS) is 25.4. The lowest BCUT2D eigenvalue weighted by Gasteiger charge is -2.24. The fraction of sp³-hybridized carbons (Fsp3) is 0.636. The summed E-state index contributed by atoms with van der Waals surface area (Å²) in [5.74, 6) is 1.45. The molecule has 1 aromatic rings. The Morgan fingerprint density at radius 1 is 1.25 bits per heavy atom. The highest BCUT2D eigenvalue weighted by Crippen LogP contribution is 2.27. The molecule has 0 amide bonds. The minimum atomic E-state index is 0.394. The number of hydrogen-bond donors (Lipinski definition) is 1. The Morgan fingerprint density at radius 3 is 2.50 bits per heavy atom. The molecule has 1 aromatic heterocycles. The van der Waals surface area contributed by atoms with Crippen LogP contribution < -0.4 is 5.32 Å². The van der Waals surface area contributed by atoms with Gasteiger partial charge in [0.2, 0.25) is 5.95 Å². The molecule has 2 rings (SSSR count). The Labute approximate surface area is 115 Å². The molecule has 0 saturated heterocycles. The highest BCUT2D eigenvalue weighted by Gasteiger charge is 2.19. The lowest BCUT2D eigenvalue weighted by Crippen LogP contribution is -2.22. The number of nitrogens with one attached hydrogen (secondary N) is 1. The first-order valence-electron chi connectivity index (χ1n) is 5.59. The van der Waals surface area contributed by atoms with Gasteiger partial charge in [-0.05, 0) is 54.2 Å². The molecule has 0 aliphatic heterocycles. The van der Waals surface area contributed by atoms with E-state index in [1.807, 2.05) is 12.4 Å². The molecule has 3 nitrogen and oxygen atoms in total. The molecule has 1 saturated carbocycles. The lowest BCUT2D eigenvalue weighted by atomic mass is 9.89. The Kier molecular flexibility index (Phi) is 4.64. The van der Waals surface area contributed by atoms with Gasteiger partial charge in [0.15, 0.2) is 0 Å². The number of alkyl halides is 1. The molecule has 0 atom stereocenters. The molecule has 0 unspecified atom stereocenters. The van der Waals surface area contributed by atoms with Crippen LogP contribution >= 0.6 is 34.2 Å². The molecule has 0 radical (unpaired) electrons. The van der Waals surface area contributed by atoms with Crippen molar-refractivity contribution in [1.82, 2.24) is 9.97 Å². The molecule has 16 heavy (non-hydrogen) atoms. The van der Waals surface area contributed by atoms with E-state index in [1.54, 1.807) is 0 Å². The molecular weight excluding hydrogens is 336 g/mol. The van der Waals surface area contributed by atoms with Crippen molar-refractivity contribution in [3.63, 3.8) is 0 Å². The fourth-order valence-electron chi connectivity index (χ4n) is 1.97. The number of rotatable bonds is 3. The molecule has 0 spiro atoms. The molecule has 1 heterocycles. The molecule has 0 aromatic carbocycles. The zero-order valence-electron chi connectivity index (χ0n) is 9.00. The number of nitrogens with zero attached hydrogens (tertiary/aromatic N) is 2. The second-order valence-corrected chi connectivity index (χ2v) is 6.09. The zero-order valence-corrected chi connectivity index (χ0v) is 11.9. The van der Waals surface area contributed by atoms with E-state index in [0.717, 1.165) is 34.8 Å². The van der Waals surface area contributed by atoms with Crippen LogP contribution in [0.4, 0.5) is 5.95 Å². The van der Waals surface area contributed by atoms with Crippen LogP contribution in [0.1, 0.15) is 25.7 Å². The van der Waals surface area contributed by atoms with E-state index in [0.29, 0.717) is 5.38 Å². The minimum absolute atomic E-state index is 0.394. The maximum atomic E-state index is 6.07. The summed E-state index contributed by atoms with van der Waals surface area (Å²) in [6, 6.07) is 0. The van der Waals surface area contributed by atoms with Crippen LogP contribution in [0, 0.1) is 9.49 Å². The summed E-state index contributed by atoms with van der Waals surface area (Å²) in [5, 5.41) is 3.68. The van der Waals surface area contributed by atoms with Crippen LogP contribution in [0.25, 0.3) is 0 Å². The summed E-state index contributed by atoms with van der Waals surface area (Å²) in [7, 11) is 0. The van der Waals surface area contributed by atoms with Gasteiger partial charge in [-0.2, -0.15) is 0 Å². The maximum absolute atomic E-state index is 6.07. The van der Waals surface area contributed by atoms with Crippen molar-refractivity contribution in [2.24, 2.45) is 5.92 Å². The number of hydrogen-bond acceptors (Lipinski definition) is 3. The van der Waals surface area contributed by atoms with Crippen LogP contribution in [-0.2, 0) is 0 Å². The van der Waals surface area contributed by atoms with Crippen molar-refractivity contribution < 1.29 is 0 Å². The topological polar surface area (TPSA) is 37.8 Å². The third-order valence-electron chi connectivity index (χ3n) is 2.95. The summed E-state index contributed by atoms with van der Waals surface area (Å²) in [6.45, 7) is 0.963. The molecule has 1 fully saturated rings. The lowest BCUT2D eigenvalue weighted by molar-refractivity contribution is 0.377. The SMILES string of the molecule is ClC1CCC(CNc2ncc(I)cn2)CC1. The quantitative estimate of drug-likeness (QED) is 0.671. The smallest absolute Gasteiger partial charge is 0.222 e. The number of halogens is 2. The molecule has 0 bridgehead atoms. The van der Waals surface area contributed by atoms with E-state index in [1.165, 1.54) is 12.8 Å². The fourth-order valence-corrected chi connectivity index (χ4v) is 2.50. The Bertz CT molecular complexity index is 323. The standard InChI is InChI=1S/C11H15ClIN3/c12-9-3-1-8(2-4-9)5-14-11-15-6-10(13)7-16-11/h6-9H,1-5H2,(H,14,15,16). The predicted octanol–water partition coefficient (Wildman–Crippen LogP) is 3.29. The number of aromatic nitrogens is 2. The highest BCUT2D eigenvalue weighted by molar-refractivity contribution is 14.1. The second kappa shape index (κ2) is 6.00. The molecular formula is C11H15ClIN3. The van der Waals surface area contributed by atoms with Gasteiger partial charge in [-0.3, -0.25) is 0 Å².